The SMILES string of the molecule is Cc1ccccc1Nc1ncc(C(=O)NC2CS(=O)C2)cc1NC(=O)c1csc2ccccc12. The molecule has 34 heavy (non-hydrogen) atoms. The van der Waals surface area contributed by atoms with Crippen molar-refractivity contribution in [2.45, 2.75) is 13.0 Å². The summed E-state index contributed by atoms with van der Waals surface area (Å²) in [5.41, 5.74) is 3.15. The van der Waals surface area contributed by atoms with E-state index < -0.39 is 10.8 Å². The Hall–Kier alpha value is -3.56. The van der Waals surface area contributed by atoms with E-state index in [0.717, 1.165) is 21.3 Å². The number of carbonyl (C=O) groups excluding carboxylic acids is 2. The molecule has 1 fully saturated rings. The number of rotatable bonds is 6. The Morgan fingerprint density at radius 3 is 2.59 bits per heavy atom. The Balaban J connectivity index is 1.46. The van der Waals surface area contributed by atoms with Gasteiger partial charge in [-0.25, -0.2) is 4.98 Å². The molecule has 0 radical (unpaired) electrons. The van der Waals surface area contributed by atoms with Crippen molar-refractivity contribution in [3.63, 3.8) is 0 Å². The lowest BCUT2D eigenvalue weighted by Gasteiger charge is -2.25. The largest absolute Gasteiger partial charge is 0.347 e. The molecule has 1 aliphatic rings. The van der Waals surface area contributed by atoms with Gasteiger partial charge in [0.15, 0.2) is 5.82 Å². The van der Waals surface area contributed by atoms with Crippen LogP contribution in [0.5, 0.6) is 0 Å². The standard InChI is InChI=1S/C25H22N4O3S2/c1-15-6-2-4-8-20(15)28-23-21(10-16(11-26-23)24(30)27-17-13-34(32)14-17)29-25(31)19-12-33-22-9-5-3-7-18(19)22/h2-12,17H,13-14H2,1H3,(H,26,28)(H,27,30)(H,29,31). The van der Waals surface area contributed by atoms with E-state index in [0.29, 0.717) is 34.1 Å². The van der Waals surface area contributed by atoms with Crippen LogP contribution in [0.25, 0.3) is 10.1 Å². The van der Waals surface area contributed by atoms with Gasteiger partial charge in [-0.3, -0.25) is 13.8 Å². The van der Waals surface area contributed by atoms with Gasteiger partial charge in [0.05, 0.1) is 22.9 Å². The summed E-state index contributed by atoms with van der Waals surface area (Å²) in [6.45, 7) is 1.97. The van der Waals surface area contributed by atoms with Crippen LogP contribution < -0.4 is 16.0 Å². The van der Waals surface area contributed by atoms with Crippen molar-refractivity contribution in [2.24, 2.45) is 0 Å². The first-order valence-corrected chi connectivity index (χ1v) is 13.1. The lowest BCUT2D eigenvalue weighted by atomic mass is 10.1. The van der Waals surface area contributed by atoms with Crippen molar-refractivity contribution in [3.8, 4) is 0 Å². The molecule has 5 rings (SSSR count). The summed E-state index contributed by atoms with van der Waals surface area (Å²) in [6.07, 6.45) is 1.47. The maximum absolute atomic E-state index is 13.2. The molecule has 0 aliphatic carbocycles. The molecule has 172 valence electrons. The number of hydrogen-bond acceptors (Lipinski definition) is 6. The Morgan fingerprint density at radius 2 is 1.79 bits per heavy atom. The van der Waals surface area contributed by atoms with E-state index in [1.807, 2.05) is 60.8 Å². The van der Waals surface area contributed by atoms with Gasteiger partial charge < -0.3 is 16.0 Å². The zero-order valence-electron chi connectivity index (χ0n) is 18.3. The first-order valence-electron chi connectivity index (χ1n) is 10.7. The van der Waals surface area contributed by atoms with E-state index in [1.54, 1.807) is 6.07 Å². The van der Waals surface area contributed by atoms with Gasteiger partial charge in [0, 0.05) is 49.7 Å². The molecule has 1 aliphatic heterocycles. The van der Waals surface area contributed by atoms with E-state index in [1.165, 1.54) is 17.5 Å². The molecule has 0 unspecified atom stereocenters. The van der Waals surface area contributed by atoms with Crippen molar-refractivity contribution in [1.82, 2.24) is 10.3 Å². The third kappa shape index (κ3) is 4.57. The minimum Gasteiger partial charge on any atom is -0.347 e. The molecule has 2 amide bonds. The van der Waals surface area contributed by atoms with Crippen LogP contribution in [0.15, 0.2) is 66.2 Å². The molecule has 4 aromatic rings. The van der Waals surface area contributed by atoms with Gasteiger partial charge in [-0.05, 0) is 30.7 Å². The summed E-state index contributed by atoms with van der Waals surface area (Å²) in [5, 5.41) is 11.8. The highest BCUT2D eigenvalue weighted by Crippen LogP contribution is 2.30. The number of nitrogens with zero attached hydrogens (tertiary/aromatic N) is 1. The summed E-state index contributed by atoms with van der Waals surface area (Å²) in [7, 11) is -0.861. The van der Waals surface area contributed by atoms with Crippen molar-refractivity contribution in [3.05, 3.63) is 82.9 Å². The molecule has 9 heteroatoms. The molecule has 0 atom stereocenters. The molecule has 0 bridgehead atoms. The Kier molecular flexibility index (Phi) is 6.12. The first kappa shape index (κ1) is 22.2. The molecule has 3 heterocycles. The van der Waals surface area contributed by atoms with Crippen LogP contribution in [-0.2, 0) is 10.8 Å². The predicted octanol–water partition coefficient (Wildman–Crippen LogP) is 4.46. The summed E-state index contributed by atoms with van der Waals surface area (Å²) >= 11 is 1.50. The average molecular weight is 491 g/mol. The smallest absolute Gasteiger partial charge is 0.257 e. The highest BCUT2D eigenvalue weighted by molar-refractivity contribution is 7.86. The number of anilines is 3. The van der Waals surface area contributed by atoms with Gasteiger partial charge in [-0.1, -0.05) is 36.4 Å². The molecule has 0 saturated carbocycles. The van der Waals surface area contributed by atoms with Crippen LogP contribution in [0.2, 0.25) is 0 Å². The molecule has 7 nitrogen and oxygen atoms in total. The number of aromatic nitrogens is 1. The van der Waals surface area contributed by atoms with Crippen LogP contribution in [0.4, 0.5) is 17.2 Å². The lowest BCUT2D eigenvalue weighted by molar-refractivity contribution is 0.0940. The number of hydrogen-bond donors (Lipinski definition) is 3. The summed E-state index contributed by atoms with van der Waals surface area (Å²) in [4.78, 5) is 30.4. The predicted molar refractivity (Wildman–Crippen MR) is 138 cm³/mol. The second-order valence-electron chi connectivity index (χ2n) is 8.10. The number of amides is 2. The van der Waals surface area contributed by atoms with Crippen LogP contribution >= 0.6 is 11.3 Å². The van der Waals surface area contributed by atoms with Crippen molar-refractivity contribution in [2.75, 3.05) is 22.1 Å². The van der Waals surface area contributed by atoms with Crippen LogP contribution in [0.3, 0.4) is 0 Å². The highest BCUT2D eigenvalue weighted by Gasteiger charge is 2.27. The van der Waals surface area contributed by atoms with Gasteiger partial charge in [0.2, 0.25) is 0 Å². The van der Waals surface area contributed by atoms with Gasteiger partial charge in [-0.2, -0.15) is 0 Å². The highest BCUT2D eigenvalue weighted by atomic mass is 32.2. The molecule has 2 aromatic heterocycles. The molecule has 0 spiro atoms. The van der Waals surface area contributed by atoms with E-state index in [2.05, 4.69) is 20.9 Å². The van der Waals surface area contributed by atoms with Crippen molar-refractivity contribution >= 4 is 61.2 Å². The maximum atomic E-state index is 13.2. The molecule has 2 aromatic carbocycles. The number of nitrogens with one attached hydrogen (secondary N) is 3. The number of fused-ring (bicyclic) bond motifs is 1. The number of benzene rings is 2. The molecule has 3 N–H and O–H groups in total. The van der Waals surface area contributed by atoms with Gasteiger partial charge in [-0.15, -0.1) is 11.3 Å². The van der Waals surface area contributed by atoms with Gasteiger partial charge in [0.25, 0.3) is 11.8 Å². The second kappa shape index (κ2) is 9.36. The first-order chi connectivity index (χ1) is 16.5. The average Bonchev–Trinajstić information content (AvgIpc) is 3.25. The van der Waals surface area contributed by atoms with Gasteiger partial charge in [0.1, 0.15) is 0 Å². The Labute approximate surface area is 203 Å². The van der Waals surface area contributed by atoms with E-state index in [9.17, 15) is 13.8 Å². The fraction of sp³-hybridized carbons (Fsp3) is 0.160. The summed E-state index contributed by atoms with van der Waals surface area (Å²) in [5.74, 6) is 0.762. The number of carbonyl (C=O) groups is 2. The fourth-order valence-corrected chi connectivity index (χ4v) is 5.63. The van der Waals surface area contributed by atoms with E-state index >= 15 is 0 Å². The fourth-order valence-electron chi connectivity index (χ4n) is 3.72. The summed E-state index contributed by atoms with van der Waals surface area (Å²) < 4.78 is 12.4. The van der Waals surface area contributed by atoms with Gasteiger partial charge >= 0.3 is 0 Å². The van der Waals surface area contributed by atoms with Crippen LogP contribution in [0.1, 0.15) is 26.3 Å². The normalized spacial score (nSPS) is 17.1. The van der Waals surface area contributed by atoms with E-state index in [4.69, 9.17) is 0 Å². The zero-order valence-corrected chi connectivity index (χ0v) is 20.0. The zero-order chi connectivity index (χ0) is 23.7. The molecular formula is C25H22N4O3S2. The second-order valence-corrected chi connectivity index (χ2v) is 10.6. The Bertz CT molecular complexity index is 1420. The number of thiophene rings is 1. The van der Waals surface area contributed by atoms with Crippen molar-refractivity contribution in [1.29, 1.82) is 0 Å². The monoisotopic (exact) mass is 490 g/mol. The molecular weight excluding hydrogens is 468 g/mol. The Morgan fingerprint density at radius 1 is 1.03 bits per heavy atom. The topological polar surface area (TPSA) is 100 Å². The minimum absolute atomic E-state index is 0.103. The van der Waals surface area contributed by atoms with E-state index in [-0.39, 0.29) is 17.9 Å². The quantitative estimate of drug-likeness (QED) is 0.371. The number of para-hydroxylation sites is 1. The van der Waals surface area contributed by atoms with Crippen LogP contribution in [0, 0.1) is 6.92 Å². The third-order valence-electron chi connectivity index (χ3n) is 5.63. The summed E-state index contributed by atoms with van der Waals surface area (Å²) in [6, 6.07) is 17.0. The molecule has 1 saturated heterocycles. The number of aryl methyl sites for hydroxylation is 1. The maximum Gasteiger partial charge on any atom is 0.257 e. The lowest BCUT2D eigenvalue weighted by Crippen LogP contribution is -2.50. The third-order valence-corrected chi connectivity index (χ3v) is 8.14. The van der Waals surface area contributed by atoms with Crippen LogP contribution in [-0.4, -0.2) is 38.6 Å². The minimum atomic E-state index is -0.861. The number of pyridine rings is 1. The van der Waals surface area contributed by atoms with Crippen molar-refractivity contribution < 1.29 is 13.8 Å².